The Kier molecular flexibility index (Phi) is 11.8. The summed E-state index contributed by atoms with van der Waals surface area (Å²) >= 11 is 0. The molecule has 0 heterocycles. The van der Waals surface area contributed by atoms with Gasteiger partial charge in [0.25, 0.3) is 0 Å². The van der Waals surface area contributed by atoms with Crippen LogP contribution >= 0.6 is 0 Å². The highest BCUT2D eigenvalue weighted by molar-refractivity contribution is 4.59. The second kappa shape index (κ2) is 10.0. The van der Waals surface area contributed by atoms with Crippen LogP contribution in [0, 0.1) is 0 Å². The molecule has 82 valence electrons. The van der Waals surface area contributed by atoms with Gasteiger partial charge in [-0.2, -0.15) is 0 Å². The fourth-order valence-electron chi connectivity index (χ4n) is 0.539. The van der Waals surface area contributed by atoms with Gasteiger partial charge in [-0.25, -0.2) is 0 Å². The van der Waals surface area contributed by atoms with Crippen LogP contribution in [0.4, 0.5) is 0 Å². The first-order valence-electron chi connectivity index (χ1n) is 5.31. The second-order valence-electron chi connectivity index (χ2n) is 3.95. The summed E-state index contributed by atoms with van der Waals surface area (Å²) in [5, 5.41) is 17.1. The van der Waals surface area contributed by atoms with Gasteiger partial charge in [0.2, 0.25) is 0 Å². The average Bonchev–Trinajstić information content (AvgIpc) is 2.06. The molecule has 0 aromatic carbocycles. The number of aliphatic hydroxyl groups is 2. The zero-order chi connectivity index (χ0) is 10.7. The second-order valence-corrected chi connectivity index (χ2v) is 3.95. The molecular formula is C11H26O2. The van der Waals surface area contributed by atoms with Crippen LogP contribution in [-0.4, -0.2) is 22.4 Å². The lowest BCUT2D eigenvalue weighted by Crippen LogP contribution is -2.15. The third-order valence-electron chi connectivity index (χ3n) is 1.88. The minimum absolute atomic E-state index is 0.361. The molecule has 0 radical (unpaired) electrons. The molecule has 0 amide bonds. The van der Waals surface area contributed by atoms with E-state index in [9.17, 15) is 0 Å². The van der Waals surface area contributed by atoms with Crippen molar-refractivity contribution in [3.05, 3.63) is 0 Å². The number of hydrogen-bond acceptors (Lipinski definition) is 2. The van der Waals surface area contributed by atoms with Gasteiger partial charge in [0.05, 0.1) is 5.60 Å². The summed E-state index contributed by atoms with van der Waals surface area (Å²) in [6.45, 7) is 8.08. The van der Waals surface area contributed by atoms with Gasteiger partial charge >= 0.3 is 0 Å². The predicted octanol–water partition coefficient (Wildman–Crippen LogP) is 2.73. The fraction of sp³-hybridized carbons (Fsp3) is 1.00. The van der Waals surface area contributed by atoms with Gasteiger partial charge in [0, 0.05) is 6.61 Å². The highest BCUT2D eigenvalue weighted by atomic mass is 16.3. The molecule has 2 N–H and O–H groups in total. The standard InChI is InChI=1S/C6H14O.C5H12O/c1-2-3-4-5-6-7;1-4-5(2,3)6/h7H,2-6H2,1H3;6H,4H2,1-3H3. The van der Waals surface area contributed by atoms with Crippen molar-refractivity contribution in [2.45, 2.75) is 65.4 Å². The Bertz CT molecular complexity index is 80.6. The third-order valence-corrected chi connectivity index (χ3v) is 1.88. The highest BCUT2D eigenvalue weighted by Gasteiger charge is 2.05. The summed E-state index contributed by atoms with van der Waals surface area (Å²) < 4.78 is 0. The number of hydrogen-bond donors (Lipinski definition) is 2. The van der Waals surface area contributed by atoms with Crippen molar-refractivity contribution < 1.29 is 10.2 Å². The molecule has 0 aromatic rings. The minimum atomic E-state index is -0.458. The van der Waals surface area contributed by atoms with Crippen LogP contribution in [0.5, 0.6) is 0 Å². The van der Waals surface area contributed by atoms with E-state index in [1.165, 1.54) is 19.3 Å². The van der Waals surface area contributed by atoms with E-state index in [-0.39, 0.29) is 0 Å². The number of aliphatic hydroxyl groups excluding tert-OH is 1. The SMILES string of the molecule is CCC(C)(C)O.CCCCCCO. The maximum absolute atomic E-state index is 8.83. The summed E-state index contributed by atoms with van der Waals surface area (Å²) in [5.74, 6) is 0. The molecule has 0 rings (SSSR count). The summed E-state index contributed by atoms with van der Waals surface area (Å²) in [5.41, 5.74) is -0.458. The normalized spacial score (nSPS) is 10.6. The zero-order valence-corrected chi connectivity index (χ0v) is 9.64. The highest BCUT2D eigenvalue weighted by Crippen LogP contribution is 2.03. The van der Waals surface area contributed by atoms with Crippen molar-refractivity contribution in [3.8, 4) is 0 Å². The van der Waals surface area contributed by atoms with Crippen LogP contribution in [0.15, 0.2) is 0 Å². The van der Waals surface area contributed by atoms with Crippen molar-refractivity contribution in [2.24, 2.45) is 0 Å². The maximum Gasteiger partial charge on any atom is 0.0589 e. The fourth-order valence-corrected chi connectivity index (χ4v) is 0.539. The van der Waals surface area contributed by atoms with Crippen molar-refractivity contribution in [3.63, 3.8) is 0 Å². The van der Waals surface area contributed by atoms with Crippen LogP contribution in [0.25, 0.3) is 0 Å². The first kappa shape index (κ1) is 15.4. The summed E-state index contributed by atoms with van der Waals surface area (Å²) in [7, 11) is 0. The van der Waals surface area contributed by atoms with Gasteiger partial charge in [0.15, 0.2) is 0 Å². The van der Waals surface area contributed by atoms with E-state index in [0.717, 1.165) is 12.8 Å². The molecule has 0 aliphatic carbocycles. The monoisotopic (exact) mass is 190 g/mol. The van der Waals surface area contributed by atoms with E-state index in [0.29, 0.717) is 6.61 Å². The van der Waals surface area contributed by atoms with Crippen LogP contribution in [0.3, 0.4) is 0 Å². The van der Waals surface area contributed by atoms with Gasteiger partial charge < -0.3 is 10.2 Å². The molecular weight excluding hydrogens is 164 g/mol. The summed E-state index contributed by atoms with van der Waals surface area (Å²) in [6.07, 6.45) is 5.51. The van der Waals surface area contributed by atoms with E-state index >= 15 is 0 Å². The Hall–Kier alpha value is -0.0800. The lowest BCUT2D eigenvalue weighted by atomic mass is 10.1. The Labute approximate surface area is 83.0 Å². The largest absolute Gasteiger partial charge is 0.396 e. The Morgan fingerprint density at radius 1 is 1.00 bits per heavy atom. The van der Waals surface area contributed by atoms with Crippen molar-refractivity contribution in [2.75, 3.05) is 6.61 Å². The van der Waals surface area contributed by atoms with Gasteiger partial charge in [-0.15, -0.1) is 0 Å². The number of rotatable bonds is 5. The van der Waals surface area contributed by atoms with Gasteiger partial charge in [-0.1, -0.05) is 33.1 Å². The molecule has 0 unspecified atom stereocenters. The molecule has 0 saturated carbocycles. The molecule has 0 aromatic heterocycles. The smallest absolute Gasteiger partial charge is 0.0589 e. The Balaban J connectivity index is 0. The average molecular weight is 190 g/mol. The lowest BCUT2D eigenvalue weighted by molar-refractivity contribution is 0.0765. The van der Waals surface area contributed by atoms with Crippen molar-refractivity contribution in [1.29, 1.82) is 0 Å². The lowest BCUT2D eigenvalue weighted by Gasteiger charge is -2.11. The topological polar surface area (TPSA) is 40.5 Å². The molecule has 0 fully saturated rings. The molecule has 2 heteroatoms. The van der Waals surface area contributed by atoms with Crippen LogP contribution in [0.1, 0.15) is 59.8 Å². The molecule has 0 aliphatic rings. The molecule has 0 aliphatic heterocycles. The molecule has 2 nitrogen and oxygen atoms in total. The quantitative estimate of drug-likeness (QED) is 0.654. The van der Waals surface area contributed by atoms with E-state index < -0.39 is 5.60 Å². The van der Waals surface area contributed by atoms with Crippen LogP contribution < -0.4 is 0 Å². The van der Waals surface area contributed by atoms with Crippen LogP contribution in [-0.2, 0) is 0 Å². The van der Waals surface area contributed by atoms with Crippen molar-refractivity contribution >= 4 is 0 Å². The third kappa shape index (κ3) is 24.5. The van der Waals surface area contributed by atoms with Gasteiger partial charge in [0.1, 0.15) is 0 Å². The van der Waals surface area contributed by atoms with Crippen LogP contribution in [0.2, 0.25) is 0 Å². The van der Waals surface area contributed by atoms with Gasteiger partial charge in [-0.3, -0.25) is 0 Å². The summed E-state index contributed by atoms with van der Waals surface area (Å²) in [6, 6.07) is 0. The minimum Gasteiger partial charge on any atom is -0.396 e. The number of unbranched alkanes of at least 4 members (excludes halogenated alkanes) is 3. The Morgan fingerprint density at radius 2 is 1.46 bits per heavy atom. The molecule has 0 atom stereocenters. The first-order chi connectivity index (χ1) is 5.97. The zero-order valence-electron chi connectivity index (χ0n) is 9.64. The molecule has 0 saturated heterocycles. The van der Waals surface area contributed by atoms with E-state index in [2.05, 4.69) is 6.92 Å². The van der Waals surface area contributed by atoms with Crippen molar-refractivity contribution in [1.82, 2.24) is 0 Å². The van der Waals surface area contributed by atoms with E-state index in [4.69, 9.17) is 10.2 Å². The van der Waals surface area contributed by atoms with E-state index in [1.807, 2.05) is 6.92 Å². The molecule has 13 heavy (non-hydrogen) atoms. The Morgan fingerprint density at radius 3 is 1.69 bits per heavy atom. The predicted molar refractivity (Wildman–Crippen MR) is 57.8 cm³/mol. The van der Waals surface area contributed by atoms with Gasteiger partial charge in [-0.05, 0) is 26.7 Å². The molecule has 0 spiro atoms. The first-order valence-corrected chi connectivity index (χ1v) is 5.31. The van der Waals surface area contributed by atoms with E-state index in [1.54, 1.807) is 13.8 Å². The summed E-state index contributed by atoms with van der Waals surface area (Å²) in [4.78, 5) is 0. The maximum atomic E-state index is 8.83. The molecule has 0 bridgehead atoms.